The quantitative estimate of drug-likeness (QED) is 0.863. The fraction of sp³-hybridized carbons (Fsp3) is 0.0769. The Morgan fingerprint density at radius 3 is 2.37 bits per heavy atom. The van der Waals surface area contributed by atoms with Gasteiger partial charge in [0.1, 0.15) is 10.7 Å². The van der Waals surface area contributed by atoms with Crippen LogP contribution in [0.3, 0.4) is 0 Å². The smallest absolute Gasteiger partial charge is 0.337 e. The molecule has 2 rings (SSSR count). The number of hydrogen-bond donors (Lipinski definition) is 1. The van der Waals surface area contributed by atoms with Crippen LogP contribution in [-0.4, -0.2) is 26.8 Å². The van der Waals surface area contributed by atoms with Crippen LogP contribution in [-0.2, 0) is 0 Å². The summed E-state index contributed by atoms with van der Waals surface area (Å²) in [5, 5.41) is 9.43. The van der Waals surface area contributed by atoms with Crippen molar-refractivity contribution >= 4 is 23.5 Å². The number of pyridine rings is 2. The van der Waals surface area contributed by atoms with Gasteiger partial charge in [-0.25, -0.2) is 9.78 Å². The molecule has 0 saturated carbocycles. The monoisotopic (exact) mass is 274 g/mol. The van der Waals surface area contributed by atoms with Gasteiger partial charge in [-0.2, -0.15) is 0 Å². The van der Waals surface area contributed by atoms with Crippen molar-refractivity contribution in [3.63, 3.8) is 0 Å². The predicted molar refractivity (Wildman–Crippen MR) is 69.6 cm³/mol. The summed E-state index contributed by atoms with van der Waals surface area (Å²) in [6, 6.07) is 6.56. The van der Waals surface area contributed by atoms with Crippen LogP contribution < -0.4 is 0 Å². The van der Waals surface area contributed by atoms with E-state index in [0.29, 0.717) is 10.7 Å². The van der Waals surface area contributed by atoms with E-state index in [1.54, 1.807) is 24.4 Å². The highest BCUT2D eigenvalue weighted by molar-refractivity contribution is 7.99. The molecule has 0 fully saturated rings. The fourth-order valence-corrected chi connectivity index (χ4v) is 2.06. The van der Waals surface area contributed by atoms with E-state index in [1.807, 2.05) is 0 Å². The predicted octanol–water partition coefficient (Wildman–Crippen LogP) is 2.53. The van der Waals surface area contributed by atoms with Gasteiger partial charge in [-0.15, -0.1) is 0 Å². The second-order valence-corrected chi connectivity index (χ2v) is 4.82. The van der Waals surface area contributed by atoms with Gasteiger partial charge in [0.05, 0.1) is 5.56 Å². The van der Waals surface area contributed by atoms with E-state index in [0.717, 1.165) is 4.90 Å². The molecule has 2 aromatic heterocycles. The number of aromatic nitrogens is 2. The van der Waals surface area contributed by atoms with E-state index in [4.69, 9.17) is 5.11 Å². The van der Waals surface area contributed by atoms with Crippen molar-refractivity contribution < 1.29 is 14.7 Å². The van der Waals surface area contributed by atoms with Crippen LogP contribution in [0.2, 0.25) is 0 Å². The summed E-state index contributed by atoms with van der Waals surface area (Å²) in [5.41, 5.74) is 0.563. The molecule has 0 aliphatic heterocycles. The van der Waals surface area contributed by atoms with Crippen LogP contribution >= 0.6 is 11.8 Å². The van der Waals surface area contributed by atoms with E-state index in [-0.39, 0.29) is 11.3 Å². The third-order valence-electron chi connectivity index (χ3n) is 2.30. The number of hydrogen-bond acceptors (Lipinski definition) is 5. The summed E-state index contributed by atoms with van der Waals surface area (Å²) in [4.78, 5) is 30.7. The van der Waals surface area contributed by atoms with Gasteiger partial charge >= 0.3 is 5.97 Å². The molecule has 2 heterocycles. The summed E-state index contributed by atoms with van der Waals surface area (Å²) in [6.07, 6.45) is 2.90. The average Bonchev–Trinajstić information content (AvgIpc) is 2.40. The number of aromatic carboxylic acids is 1. The molecule has 0 aliphatic carbocycles. The molecule has 1 N–H and O–H groups in total. The van der Waals surface area contributed by atoms with E-state index in [2.05, 4.69) is 9.97 Å². The van der Waals surface area contributed by atoms with Gasteiger partial charge < -0.3 is 5.11 Å². The van der Waals surface area contributed by atoms with Gasteiger partial charge in [-0.05, 0) is 24.3 Å². The highest BCUT2D eigenvalue weighted by Gasteiger charge is 2.05. The lowest BCUT2D eigenvalue weighted by Gasteiger charge is -2.01. The molecular weight excluding hydrogens is 264 g/mol. The first-order chi connectivity index (χ1) is 9.06. The van der Waals surface area contributed by atoms with E-state index in [1.165, 1.54) is 30.9 Å². The molecular formula is C13H10N2O3S. The summed E-state index contributed by atoms with van der Waals surface area (Å²) in [6.45, 7) is 1.46. The molecule has 0 aliphatic rings. The van der Waals surface area contributed by atoms with Crippen LogP contribution in [0.25, 0.3) is 0 Å². The van der Waals surface area contributed by atoms with Crippen LogP contribution in [0, 0.1) is 0 Å². The third-order valence-corrected chi connectivity index (χ3v) is 3.23. The number of ketones is 1. The molecule has 0 unspecified atom stereocenters. The maximum absolute atomic E-state index is 11.1. The number of carbonyl (C=O) groups is 2. The standard InChI is InChI=1S/C13H10N2O3S/c1-8(16)11-4-3-10(7-14-11)19-12-5-2-9(6-15-12)13(17)18/h2-7H,1H3,(H,17,18). The zero-order valence-corrected chi connectivity index (χ0v) is 10.8. The van der Waals surface area contributed by atoms with Gasteiger partial charge in [0.25, 0.3) is 0 Å². The summed E-state index contributed by atoms with van der Waals surface area (Å²) in [5.74, 6) is -1.09. The van der Waals surface area contributed by atoms with Crippen molar-refractivity contribution in [1.29, 1.82) is 0 Å². The molecule has 0 amide bonds. The zero-order chi connectivity index (χ0) is 13.8. The van der Waals surface area contributed by atoms with Crippen LogP contribution in [0.1, 0.15) is 27.8 Å². The largest absolute Gasteiger partial charge is 0.478 e. The Hall–Kier alpha value is -2.21. The molecule has 2 aromatic rings. The molecule has 0 radical (unpaired) electrons. The molecule has 96 valence electrons. The van der Waals surface area contributed by atoms with Crippen LogP contribution in [0.5, 0.6) is 0 Å². The second kappa shape index (κ2) is 5.62. The van der Waals surface area contributed by atoms with Gasteiger partial charge in [0.15, 0.2) is 5.78 Å². The Labute approximate surface area is 113 Å². The van der Waals surface area contributed by atoms with Crippen molar-refractivity contribution in [2.45, 2.75) is 16.8 Å². The summed E-state index contributed by atoms with van der Waals surface area (Å²) in [7, 11) is 0. The highest BCUT2D eigenvalue weighted by Crippen LogP contribution is 2.25. The van der Waals surface area contributed by atoms with Crippen molar-refractivity contribution in [1.82, 2.24) is 9.97 Å². The number of Topliss-reactive ketones (excluding diaryl/α,β-unsaturated/α-hetero) is 1. The maximum Gasteiger partial charge on any atom is 0.337 e. The molecule has 0 atom stereocenters. The normalized spacial score (nSPS) is 10.2. The molecule has 0 bridgehead atoms. The summed E-state index contributed by atoms with van der Waals surface area (Å²) >= 11 is 1.35. The number of carbonyl (C=O) groups excluding carboxylic acids is 1. The SMILES string of the molecule is CC(=O)c1ccc(Sc2ccc(C(=O)O)cn2)cn1. The van der Waals surface area contributed by atoms with Crippen molar-refractivity contribution in [2.24, 2.45) is 0 Å². The molecule has 0 spiro atoms. The van der Waals surface area contributed by atoms with Gasteiger partial charge in [-0.1, -0.05) is 11.8 Å². The van der Waals surface area contributed by atoms with Crippen molar-refractivity contribution in [3.05, 3.63) is 47.9 Å². The Bertz CT molecular complexity index is 553. The number of rotatable bonds is 4. The molecule has 0 aromatic carbocycles. The first-order valence-corrected chi connectivity index (χ1v) is 6.22. The minimum atomic E-state index is -1.00. The minimum Gasteiger partial charge on any atom is -0.478 e. The number of carboxylic acids is 1. The van der Waals surface area contributed by atoms with Crippen molar-refractivity contribution in [2.75, 3.05) is 0 Å². The lowest BCUT2D eigenvalue weighted by molar-refractivity contribution is 0.0696. The lowest BCUT2D eigenvalue weighted by atomic mass is 10.3. The first-order valence-electron chi connectivity index (χ1n) is 5.40. The van der Waals surface area contributed by atoms with E-state index in [9.17, 15) is 9.59 Å². The van der Waals surface area contributed by atoms with Gasteiger partial charge in [0.2, 0.25) is 0 Å². The number of nitrogens with zero attached hydrogens (tertiary/aromatic N) is 2. The second-order valence-electron chi connectivity index (χ2n) is 3.73. The average molecular weight is 274 g/mol. The Morgan fingerprint density at radius 1 is 1.11 bits per heavy atom. The fourth-order valence-electron chi connectivity index (χ4n) is 1.34. The molecule has 19 heavy (non-hydrogen) atoms. The van der Waals surface area contributed by atoms with Gasteiger partial charge in [-0.3, -0.25) is 9.78 Å². The molecule has 6 heteroatoms. The van der Waals surface area contributed by atoms with E-state index < -0.39 is 5.97 Å². The molecule has 0 saturated heterocycles. The number of carboxylic acid groups (broad SMARTS) is 1. The topological polar surface area (TPSA) is 80.2 Å². The zero-order valence-electron chi connectivity index (χ0n) is 10.0. The Balaban J connectivity index is 2.12. The third kappa shape index (κ3) is 3.38. The molecule has 5 nitrogen and oxygen atoms in total. The van der Waals surface area contributed by atoms with Crippen LogP contribution in [0.4, 0.5) is 0 Å². The van der Waals surface area contributed by atoms with E-state index >= 15 is 0 Å². The van der Waals surface area contributed by atoms with Crippen molar-refractivity contribution in [3.8, 4) is 0 Å². The summed E-state index contributed by atoms with van der Waals surface area (Å²) < 4.78 is 0. The minimum absolute atomic E-state index is 0.0829. The Kier molecular flexibility index (Phi) is 3.91. The highest BCUT2D eigenvalue weighted by atomic mass is 32.2. The van der Waals surface area contributed by atoms with Gasteiger partial charge in [0, 0.05) is 24.2 Å². The lowest BCUT2D eigenvalue weighted by Crippen LogP contribution is -1.97. The Morgan fingerprint density at radius 2 is 1.89 bits per heavy atom. The van der Waals surface area contributed by atoms with Crippen LogP contribution in [0.15, 0.2) is 46.6 Å². The first kappa shape index (κ1) is 13.2. The maximum atomic E-state index is 11.1.